The van der Waals surface area contributed by atoms with Gasteiger partial charge >= 0.3 is 0 Å². The highest BCUT2D eigenvalue weighted by Gasteiger charge is 2.17. The number of nitrogen functional groups attached to an aromatic ring is 1. The predicted octanol–water partition coefficient (Wildman–Crippen LogP) is 2.66. The molecular formula is C12H11Cl2FN4. The molecule has 2 rings (SSSR count). The topological polar surface area (TPSA) is 77.0 Å². The van der Waals surface area contributed by atoms with Gasteiger partial charge in [-0.15, -0.1) is 0 Å². The second-order valence-electron chi connectivity index (χ2n) is 3.90. The molecule has 0 spiro atoms. The minimum atomic E-state index is -0.502. The van der Waals surface area contributed by atoms with Crippen LogP contribution in [0, 0.1) is 5.82 Å². The van der Waals surface area contributed by atoms with Crippen LogP contribution in [0.1, 0.15) is 17.2 Å². The summed E-state index contributed by atoms with van der Waals surface area (Å²) in [5, 5.41) is 0.434. The minimum absolute atomic E-state index is 0.00584. The van der Waals surface area contributed by atoms with E-state index in [-0.39, 0.29) is 10.8 Å². The molecule has 5 N–H and O–H groups in total. The summed E-state index contributed by atoms with van der Waals surface area (Å²) in [6.45, 7) is 0. The first-order chi connectivity index (χ1) is 9.02. The molecule has 0 amide bonds. The standard InChI is InChI=1S/C12H11Cl2FN4/c13-7-4-8(12(16)18-5-7)11(19-17)6-1-2-10(15)9(14)3-6/h1-5,11,19H,17H2,(H2,16,18). The fraction of sp³-hybridized carbons (Fsp3) is 0.0833. The zero-order valence-corrected chi connectivity index (χ0v) is 11.2. The molecule has 1 unspecified atom stereocenters. The fourth-order valence-corrected chi connectivity index (χ4v) is 2.11. The van der Waals surface area contributed by atoms with Gasteiger partial charge in [-0.1, -0.05) is 29.3 Å². The largest absolute Gasteiger partial charge is 0.383 e. The first-order valence-electron chi connectivity index (χ1n) is 5.35. The smallest absolute Gasteiger partial charge is 0.141 e. The van der Waals surface area contributed by atoms with Gasteiger partial charge in [-0.05, 0) is 23.8 Å². The molecule has 100 valence electrons. The number of nitrogens with two attached hydrogens (primary N) is 2. The highest BCUT2D eigenvalue weighted by molar-refractivity contribution is 6.31. The van der Waals surface area contributed by atoms with Gasteiger partial charge in [-0.2, -0.15) is 0 Å². The fourth-order valence-electron chi connectivity index (χ4n) is 1.75. The van der Waals surface area contributed by atoms with Gasteiger partial charge in [0, 0.05) is 11.8 Å². The van der Waals surface area contributed by atoms with Gasteiger partial charge in [-0.25, -0.2) is 14.8 Å². The van der Waals surface area contributed by atoms with E-state index >= 15 is 0 Å². The van der Waals surface area contributed by atoms with E-state index in [1.54, 1.807) is 12.1 Å². The van der Waals surface area contributed by atoms with E-state index in [2.05, 4.69) is 10.4 Å². The Bertz CT molecular complexity index is 606. The van der Waals surface area contributed by atoms with Gasteiger partial charge in [-0.3, -0.25) is 5.84 Å². The lowest BCUT2D eigenvalue weighted by atomic mass is 10.00. The lowest BCUT2D eigenvalue weighted by Crippen LogP contribution is -2.29. The molecule has 0 saturated carbocycles. The number of hydrogen-bond donors (Lipinski definition) is 3. The third-order valence-electron chi connectivity index (χ3n) is 2.67. The highest BCUT2D eigenvalue weighted by Crippen LogP contribution is 2.29. The normalized spacial score (nSPS) is 12.4. The second-order valence-corrected chi connectivity index (χ2v) is 4.74. The van der Waals surface area contributed by atoms with Crippen molar-refractivity contribution in [3.63, 3.8) is 0 Å². The number of benzene rings is 1. The molecule has 0 aliphatic heterocycles. The molecule has 0 aliphatic carbocycles. The van der Waals surface area contributed by atoms with Gasteiger partial charge in [0.05, 0.1) is 16.1 Å². The SMILES string of the molecule is NNC(c1ccc(F)c(Cl)c1)c1cc(Cl)cnc1N. The molecule has 0 radical (unpaired) electrons. The van der Waals surface area contributed by atoms with Crippen LogP contribution in [0.5, 0.6) is 0 Å². The number of nitrogens with zero attached hydrogens (tertiary/aromatic N) is 1. The van der Waals surface area contributed by atoms with Crippen molar-refractivity contribution in [3.05, 3.63) is 57.5 Å². The number of hydrogen-bond acceptors (Lipinski definition) is 4. The van der Waals surface area contributed by atoms with Crippen LogP contribution in [-0.2, 0) is 0 Å². The number of halogens is 3. The highest BCUT2D eigenvalue weighted by atomic mass is 35.5. The van der Waals surface area contributed by atoms with Crippen molar-refractivity contribution in [2.75, 3.05) is 5.73 Å². The van der Waals surface area contributed by atoms with Crippen molar-refractivity contribution in [3.8, 4) is 0 Å². The Kier molecular flexibility index (Phi) is 4.21. The molecule has 1 heterocycles. The summed E-state index contributed by atoms with van der Waals surface area (Å²) in [5.74, 6) is 5.31. The van der Waals surface area contributed by atoms with Crippen LogP contribution in [-0.4, -0.2) is 4.98 Å². The Labute approximate surface area is 119 Å². The number of rotatable bonds is 3. The van der Waals surface area contributed by atoms with E-state index in [1.165, 1.54) is 18.3 Å². The van der Waals surface area contributed by atoms with Crippen LogP contribution >= 0.6 is 23.2 Å². The van der Waals surface area contributed by atoms with Crippen LogP contribution in [0.4, 0.5) is 10.2 Å². The number of pyridine rings is 1. The molecule has 2 aromatic rings. The van der Waals surface area contributed by atoms with Crippen molar-refractivity contribution in [1.82, 2.24) is 10.4 Å². The van der Waals surface area contributed by atoms with Gasteiger partial charge in [0.2, 0.25) is 0 Å². The van der Waals surface area contributed by atoms with Crippen LogP contribution in [0.3, 0.4) is 0 Å². The molecular weight excluding hydrogens is 290 g/mol. The molecule has 4 nitrogen and oxygen atoms in total. The van der Waals surface area contributed by atoms with Gasteiger partial charge in [0.1, 0.15) is 11.6 Å². The Morgan fingerprint density at radius 3 is 2.63 bits per heavy atom. The summed E-state index contributed by atoms with van der Waals surface area (Å²) in [5.41, 5.74) is 9.64. The van der Waals surface area contributed by atoms with Crippen molar-refractivity contribution in [2.45, 2.75) is 6.04 Å². The summed E-state index contributed by atoms with van der Waals surface area (Å²) in [4.78, 5) is 3.96. The van der Waals surface area contributed by atoms with Crippen LogP contribution in [0.25, 0.3) is 0 Å². The lowest BCUT2D eigenvalue weighted by molar-refractivity contribution is 0.616. The Balaban J connectivity index is 2.49. The number of anilines is 1. The predicted molar refractivity (Wildman–Crippen MR) is 74.2 cm³/mol. The van der Waals surface area contributed by atoms with Crippen molar-refractivity contribution >= 4 is 29.0 Å². The van der Waals surface area contributed by atoms with Crippen LogP contribution in [0.15, 0.2) is 30.5 Å². The van der Waals surface area contributed by atoms with Crippen molar-refractivity contribution in [2.24, 2.45) is 5.84 Å². The van der Waals surface area contributed by atoms with E-state index in [9.17, 15) is 4.39 Å². The quantitative estimate of drug-likeness (QED) is 0.601. The molecule has 0 aliphatic rings. The first kappa shape index (κ1) is 14.0. The molecule has 1 aromatic heterocycles. The molecule has 19 heavy (non-hydrogen) atoms. The summed E-state index contributed by atoms with van der Waals surface area (Å²) < 4.78 is 13.2. The maximum Gasteiger partial charge on any atom is 0.141 e. The maximum atomic E-state index is 13.2. The zero-order valence-electron chi connectivity index (χ0n) is 9.70. The monoisotopic (exact) mass is 300 g/mol. The minimum Gasteiger partial charge on any atom is -0.383 e. The van der Waals surface area contributed by atoms with Gasteiger partial charge < -0.3 is 5.73 Å². The molecule has 1 aromatic carbocycles. The number of aromatic nitrogens is 1. The second kappa shape index (κ2) is 5.71. The van der Waals surface area contributed by atoms with Crippen molar-refractivity contribution in [1.29, 1.82) is 0 Å². The first-order valence-corrected chi connectivity index (χ1v) is 6.10. The molecule has 1 atom stereocenters. The van der Waals surface area contributed by atoms with Crippen molar-refractivity contribution < 1.29 is 4.39 Å². The third kappa shape index (κ3) is 2.96. The lowest BCUT2D eigenvalue weighted by Gasteiger charge is -2.18. The number of hydrazine groups is 1. The van der Waals surface area contributed by atoms with Gasteiger partial charge in [0.25, 0.3) is 0 Å². The molecule has 0 saturated heterocycles. The van der Waals surface area contributed by atoms with E-state index in [0.717, 1.165) is 0 Å². The Morgan fingerprint density at radius 2 is 2.00 bits per heavy atom. The summed E-state index contributed by atoms with van der Waals surface area (Å²) in [7, 11) is 0. The van der Waals surface area contributed by atoms with Crippen LogP contribution in [0.2, 0.25) is 10.0 Å². The average molecular weight is 301 g/mol. The molecule has 7 heteroatoms. The maximum absolute atomic E-state index is 13.2. The number of nitrogens with one attached hydrogen (secondary N) is 1. The summed E-state index contributed by atoms with van der Waals surface area (Å²) in [6.07, 6.45) is 1.44. The molecule has 0 bridgehead atoms. The zero-order chi connectivity index (χ0) is 14.0. The summed E-state index contributed by atoms with van der Waals surface area (Å²) in [6, 6.07) is 5.46. The van der Waals surface area contributed by atoms with E-state index in [4.69, 9.17) is 34.8 Å². The molecule has 0 fully saturated rings. The summed E-state index contributed by atoms with van der Waals surface area (Å²) >= 11 is 11.6. The van der Waals surface area contributed by atoms with E-state index in [1.807, 2.05) is 0 Å². The van der Waals surface area contributed by atoms with E-state index in [0.29, 0.717) is 16.1 Å². The van der Waals surface area contributed by atoms with E-state index < -0.39 is 11.9 Å². The Morgan fingerprint density at radius 1 is 1.26 bits per heavy atom. The average Bonchev–Trinajstić information content (AvgIpc) is 2.38. The van der Waals surface area contributed by atoms with Gasteiger partial charge in [0.15, 0.2) is 0 Å². The third-order valence-corrected chi connectivity index (χ3v) is 3.17. The Hall–Kier alpha value is -1.40. The van der Waals surface area contributed by atoms with Crippen LogP contribution < -0.4 is 17.0 Å².